The highest BCUT2D eigenvalue weighted by molar-refractivity contribution is 5.93. The highest BCUT2D eigenvalue weighted by Crippen LogP contribution is 2.07. The second-order valence-corrected chi connectivity index (χ2v) is 3.90. The van der Waals surface area contributed by atoms with Gasteiger partial charge in [0.2, 0.25) is 5.56 Å². The highest BCUT2D eigenvalue weighted by atomic mass is 19.1. The maximum Gasteiger partial charge on any atom is 0.253 e. The Morgan fingerprint density at radius 3 is 2.42 bits per heavy atom. The van der Waals surface area contributed by atoms with Crippen LogP contribution in [0.1, 0.15) is 15.9 Å². The number of carbonyl (C=O) groups is 1. The van der Waals surface area contributed by atoms with Crippen molar-refractivity contribution >= 4 is 5.91 Å². The lowest BCUT2D eigenvalue weighted by Crippen LogP contribution is -2.23. The molecule has 2 N–H and O–H groups in total. The molecule has 0 bridgehead atoms. The number of H-pyrrole nitrogens is 1. The van der Waals surface area contributed by atoms with Gasteiger partial charge in [-0.2, -0.15) is 0 Å². The van der Waals surface area contributed by atoms with E-state index in [9.17, 15) is 18.4 Å². The van der Waals surface area contributed by atoms with Gasteiger partial charge in [0.15, 0.2) is 0 Å². The van der Waals surface area contributed by atoms with Crippen molar-refractivity contribution in [3.8, 4) is 0 Å². The lowest BCUT2D eigenvalue weighted by Gasteiger charge is -2.05. The topological polar surface area (TPSA) is 62.0 Å². The maximum absolute atomic E-state index is 12.9. The molecule has 0 atom stereocenters. The zero-order chi connectivity index (χ0) is 13.8. The molecule has 1 aromatic heterocycles. The van der Waals surface area contributed by atoms with Gasteiger partial charge >= 0.3 is 0 Å². The van der Waals surface area contributed by atoms with Gasteiger partial charge < -0.3 is 10.3 Å². The third kappa shape index (κ3) is 3.48. The van der Waals surface area contributed by atoms with Crippen LogP contribution in [-0.2, 0) is 6.54 Å². The summed E-state index contributed by atoms with van der Waals surface area (Å²) in [5, 5.41) is 2.49. The minimum absolute atomic E-state index is 0.00730. The van der Waals surface area contributed by atoms with Crippen LogP contribution in [0.4, 0.5) is 8.78 Å². The van der Waals surface area contributed by atoms with Gasteiger partial charge in [0.1, 0.15) is 11.6 Å². The number of hydrogen-bond donors (Lipinski definition) is 2. The predicted molar refractivity (Wildman–Crippen MR) is 64.6 cm³/mol. The van der Waals surface area contributed by atoms with Crippen molar-refractivity contribution in [2.45, 2.75) is 6.54 Å². The highest BCUT2D eigenvalue weighted by Gasteiger charge is 2.06. The molecular weight excluding hydrogens is 254 g/mol. The number of aromatic nitrogens is 1. The minimum Gasteiger partial charge on any atom is -0.348 e. The smallest absolute Gasteiger partial charge is 0.253 e. The van der Waals surface area contributed by atoms with Crippen LogP contribution >= 0.6 is 0 Å². The van der Waals surface area contributed by atoms with Gasteiger partial charge in [-0.15, -0.1) is 0 Å². The van der Waals surface area contributed by atoms with Gasteiger partial charge in [0, 0.05) is 24.9 Å². The van der Waals surface area contributed by atoms with Crippen molar-refractivity contribution < 1.29 is 13.6 Å². The normalized spacial score (nSPS) is 10.2. The summed E-state index contributed by atoms with van der Waals surface area (Å²) >= 11 is 0. The Balaban J connectivity index is 2.04. The second-order valence-electron chi connectivity index (χ2n) is 3.90. The zero-order valence-electron chi connectivity index (χ0n) is 9.74. The Hall–Kier alpha value is -2.50. The van der Waals surface area contributed by atoms with E-state index in [0.29, 0.717) is 5.56 Å². The van der Waals surface area contributed by atoms with E-state index in [2.05, 4.69) is 10.3 Å². The number of pyridine rings is 1. The van der Waals surface area contributed by atoms with E-state index in [1.54, 1.807) is 0 Å². The fourth-order valence-electron chi connectivity index (χ4n) is 1.55. The lowest BCUT2D eigenvalue weighted by atomic mass is 10.2. The van der Waals surface area contributed by atoms with E-state index in [0.717, 1.165) is 18.2 Å². The Morgan fingerprint density at radius 2 is 1.84 bits per heavy atom. The van der Waals surface area contributed by atoms with Gasteiger partial charge in [0.25, 0.3) is 5.91 Å². The van der Waals surface area contributed by atoms with E-state index >= 15 is 0 Å². The monoisotopic (exact) mass is 264 g/mol. The number of carbonyl (C=O) groups excluding carboxylic acids is 1. The SMILES string of the molecule is O=C(NCc1cc(F)cc(F)c1)c1ccc(=O)[nH]c1. The number of hydrogen-bond acceptors (Lipinski definition) is 2. The Kier molecular flexibility index (Phi) is 3.70. The van der Waals surface area contributed by atoms with Crippen molar-refractivity contribution in [2.24, 2.45) is 0 Å². The first kappa shape index (κ1) is 12.9. The first-order chi connectivity index (χ1) is 9.04. The molecule has 0 radical (unpaired) electrons. The molecule has 2 aromatic rings. The van der Waals surface area contributed by atoms with Gasteiger partial charge in [0.05, 0.1) is 5.56 Å². The summed E-state index contributed by atoms with van der Waals surface area (Å²) in [4.78, 5) is 24.9. The summed E-state index contributed by atoms with van der Waals surface area (Å²) < 4.78 is 25.9. The molecule has 1 aromatic carbocycles. The molecular formula is C13H10F2N2O2. The van der Waals surface area contributed by atoms with E-state index in [-0.39, 0.29) is 17.7 Å². The van der Waals surface area contributed by atoms with Gasteiger partial charge in [-0.3, -0.25) is 9.59 Å². The third-order valence-electron chi connectivity index (χ3n) is 2.42. The van der Waals surface area contributed by atoms with Gasteiger partial charge in [-0.05, 0) is 23.8 Å². The molecule has 4 nitrogen and oxygen atoms in total. The van der Waals surface area contributed by atoms with Crippen LogP contribution in [0.5, 0.6) is 0 Å². The standard InChI is InChI=1S/C13H10F2N2O2/c14-10-3-8(4-11(15)5-10)6-17-13(19)9-1-2-12(18)16-7-9/h1-5,7H,6H2,(H,16,18)(H,17,19). The lowest BCUT2D eigenvalue weighted by molar-refractivity contribution is 0.0950. The molecule has 0 unspecified atom stereocenters. The van der Waals surface area contributed by atoms with E-state index in [1.165, 1.54) is 18.3 Å². The Morgan fingerprint density at radius 1 is 1.16 bits per heavy atom. The summed E-state index contributed by atoms with van der Waals surface area (Å²) in [5.41, 5.74) is 0.260. The fourth-order valence-corrected chi connectivity index (χ4v) is 1.55. The fraction of sp³-hybridized carbons (Fsp3) is 0.0769. The van der Waals surface area contributed by atoms with Crippen LogP contribution in [0.2, 0.25) is 0 Å². The number of amides is 1. The van der Waals surface area contributed by atoms with Gasteiger partial charge in [-0.25, -0.2) is 8.78 Å². The summed E-state index contributed by atoms with van der Waals surface area (Å²) in [7, 11) is 0. The number of halogens is 2. The molecule has 0 saturated heterocycles. The average Bonchev–Trinajstić information content (AvgIpc) is 2.36. The quantitative estimate of drug-likeness (QED) is 0.884. The molecule has 0 saturated carbocycles. The van der Waals surface area contributed by atoms with E-state index in [1.807, 2.05) is 0 Å². The molecule has 6 heteroatoms. The van der Waals surface area contributed by atoms with E-state index in [4.69, 9.17) is 0 Å². The minimum atomic E-state index is -0.701. The van der Waals surface area contributed by atoms with Crippen LogP contribution in [0, 0.1) is 11.6 Å². The van der Waals surface area contributed by atoms with Crippen LogP contribution in [-0.4, -0.2) is 10.9 Å². The van der Waals surface area contributed by atoms with Crippen molar-refractivity contribution in [2.75, 3.05) is 0 Å². The predicted octanol–water partition coefficient (Wildman–Crippen LogP) is 1.58. The molecule has 1 amide bonds. The van der Waals surface area contributed by atoms with Crippen molar-refractivity contribution in [3.63, 3.8) is 0 Å². The van der Waals surface area contributed by atoms with Crippen molar-refractivity contribution in [1.82, 2.24) is 10.3 Å². The van der Waals surface area contributed by atoms with Crippen LogP contribution in [0.15, 0.2) is 41.3 Å². The molecule has 19 heavy (non-hydrogen) atoms. The molecule has 1 heterocycles. The molecule has 0 aliphatic heterocycles. The number of rotatable bonds is 3. The molecule has 98 valence electrons. The number of nitrogens with one attached hydrogen (secondary N) is 2. The van der Waals surface area contributed by atoms with Crippen LogP contribution < -0.4 is 10.9 Å². The number of benzene rings is 1. The van der Waals surface area contributed by atoms with E-state index < -0.39 is 17.5 Å². The summed E-state index contributed by atoms with van der Waals surface area (Å²) in [6, 6.07) is 5.61. The van der Waals surface area contributed by atoms with Crippen LogP contribution in [0.25, 0.3) is 0 Å². The van der Waals surface area contributed by atoms with Gasteiger partial charge in [-0.1, -0.05) is 0 Å². The first-order valence-electron chi connectivity index (χ1n) is 5.46. The summed E-state index contributed by atoms with van der Waals surface area (Å²) in [6.45, 7) is -0.00730. The number of aromatic amines is 1. The first-order valence-corrected chi connectivity index (χ1v) is 5.46. The average molecular weight is 264 g/mol. The molecule has 0 aliphatic carbocycles. The van der Waals surface area contributed by atoms with Crippen molar-refractivity contribution in [3.05, 3.63) is 69.6 Å². The largest absolute Gasteiger partial charge is 0.348 e. The zero-order valence-corrected chi connectivity index (χ0v) is 9.74. The molecule has 0 aliphatic rings. The second kappa shape index (κ2) is 5.43. The summed E-state index contributed by atoms with van der Waals surface area (Å²) in [5.74, 6) is -1.84. The Labute approximate surface area is 107 Å². The molecule has 2 rings (SSSR count). The Bertz CT molecular complexity index is 627. The maximum atomic E-state index is 12.9. The molecule has 0 spiro atoms. The summed E-state index contributed by atoms with van der Waals surface area (Å²) in [6.07, 6.45) is 1.27. The molecule has 0 fully saturated rings. The van der Waals surface area contributed by atoms with Crippen molar-refractivity contribution in [1.29, 1.82) is 0 Å². The van der Waals surface area contributed by atoms with Crippen LogP contribution in [0.3, 0.4) is 0 Å². The third-order valence-corrected chi connectivity index (χ3v) is 2.42.